The van der Waals surface area contributed by atoms with Gasteiger partial charge in [-0.05, 0) is 30.7 Å². The number of fused-ring (bicyclic) bond motifs is 2. The molecule has 0 unspecified atom stereocenters. The second-order valence-electron chi connectivity index (χ2n) is 5.88. The number of hydrogen-bond donors (Lipinski definition) is 0. The number of imidazole rings is 1. The molecule has 0 spiro atoms. The summed E-state index contributed by atoms with van der Waals surface area (Å²) < 4.78 is 6.82. The van der Waals surface area contributed by atoms with Crippen LogP contribution in [0, 0.1) is 6.92 Å². The molecule has 26 heavy (non-hydrogen) atoms. The summed E-state index contributed by atoms with van der Waals surface area (Å²) in [6, 6.07) is 14.0. The van der Waals surface area contributed by atoms with Crippen molar-refractivity contribution in [2.45, 2.75) is 13.8 Å². The SMILES string of the molecule is CCOC(=O)c1sc2nc(-c3ccc4ccccc4c3)c(C=O)n2c1C. The summed E-state index contributed by atoms with van der Waals surface area (Å²) in [4.78, 5) is 29.6. The normalized spacial score (nSPS) is 11.2. The number of esters is 1. The van der Waals surface area contributed by atoms with Crippen molar-refractivity contribution in [2.75, 3.05) is 6.61 Å². The molecule has 2 aromatic carbocycles. The molecule has 0 bridgehead atoms. The minimum atomic E-state index is -0.385. The molecule has 0 aliphatic rings. The maximum absolute atomic E-state index is 12.1. The summed E-state index contributed by atoms with van der Waals surface area (Å²) in [5.41, 5.74) is 2.61. The van der Waals surface area contributed by atoms with E-state index in [-0.39, 0.29) is 5.97 Å². The lowest BCUT2D eigenvalue weighted by Crippen LogP contribution is -2.05. The third-order valence-corrected chi connectivity index (χ3v) is 5.46. The number of aromatic nitrogens is 2. The van der Waals surface area contributed by atoms with Crippen LogP contribution in [0.3, 0.4) is 0 Å². The predicted octanol–water partition coefficient (Wildman–Crippen LogP) is 4.51. The molecule has 0 atom stereocenters. The molecular weight excluding hydrogens is 348 g/mol. The van der Waals surface area contributed by atoms with E-state index in [9.17, 15) is 9.59 Å². The first-order valence-electron chi connectivity index (χ1n) is 8.27. The topological polar surface area (TPSA) is 60.7 Å². The van der Waals surface area contributed by atoms with Crippen molar-refractivity contribution in [3.63, 3.8) is 0 Å². The fourth-order valence-corrected chi connectivity index (χ4v) is 4.14. The third kappa shape index (κ3) is 2.50. The first-order valence-corrected chi connectivity index (χ1v) is 9.09. The standard InChI is InChI=1S/C20H16N2O3S/c1-3-25-19(24)18-12(2)22-16(11-23)17(21-20(22)26-18)15-9-8-13-6-4-5-7-14(13)10-15/h4-11H,3H2,1-2H3. The summed E-state index contributed by atoms with van der Waals surface area (Å²) in [7, 11) is 0. The van der Waals surface area contributed by atoms with Crippen molar-refractivity contribution in [2.24, 2.45) is 0 Å². The van der Waals surface area contributed by atoms with Gasteiger partial charge in [-0.3, -0.25) is 9.20 Å². The van der Waals surface area contributed by atoms with Crippen LogP contribution in [-0.2, 0) is 4.74 Å². The smallest absolute Gasteiger partial charge is 0.350 e. The molecule has 130 valence electrons. The zero-order valence-corrected chi connectivity index (χ0v) is 15.2. The summed E-state index contributed by atoms with van der Waals surface area (Å²) >= 11 is 1.24. The molecule has 0 fully saturated rings. The van der Waals surface area contributed by atoms with Gasteiger partial charge in [0.25, 0.3) is 0 Å². The average molecular weight is 364 g/mol. The first-order chi connectivity index (χ1) is 12.6. The van der Waals surface area contributed by atoms with Crippen LogP contribution >= 0.6 is 11.3 Å². The van der Waals surface area contributed by atoms with Crippen molar-refractivity contribution in [3.05, 3.63) is 58.7 Å². The van der Waals surface area contributed by atoms with E-state index in [0.717, 1.165) is 22.6 Å². The van der Waals surface area contributed by atoms with Crippen molar-refractivity contribution in [3.8, 4) is 11.3 Å². The van der Waals surface area contributed by atoms with E-state index in [2.05, 4.69) is 4.98 Å². The molecule has 0 aliphatic carbocycles. The van der Waals surface area contributed by atoms with Crippen molar-refractivity contribution < 1.29 is 14.3 Å². The number of carbonyl (C=O) groups is 2. The number of aryl methyl sites for hydroxylation is 1. The molecular formula is C20H16N2O3S. The van der Waals surface area contributed by atoms with Gasteiger partial charge in [0.1, 0.15) is 16.3 Å². The Morgan fingerprint density at radius 3 is 2.73 bits per heavy atom. The van der Waals surface area contributed by atoms with Crippen LogP contribution in [0.25, 0.3) is 27.0 Å². The average Bonchev–Trinajstić information content (AvgIpc) is 3.18. The highest BCUT2D eigenvalue weighted by Gasteiger charge is 2.23. The number of rotatable bonds is 4. The van der Waals surface area contributed by atoms with Gasteiger partial charge >= 0.3 is 5.97 Å². The number of ether oxygens (including phenoxy) is 1. The Hall–Kier alpha value is -2.99. The molecule has 0 N–H and O–H groups in total. The van der Waals surface area contributed by atoms with Gasteiger partial charge in [-0.15, -0.1) is 0 Å². The Bertz CT molecular complexity index is 1160. The van der Waals surface area contributed by atoms with Crippen molar-refractivity contribution in [1.82, 2.24) is 9.38 Å². The van der Waals surface area contributed by atoms with Crippen LogP contribution in [0.2, 0.25) is 0 Å². The minimum Gasteiger partial charge on any atom is -0.462 e. The number of thiazole rings is 1. The fraction of sp³-hybridized carbons (Fsp3) is 0.150. The third-order valence-electron chi connectivity index (χ3n) is 4.33. The lowest BCUT2D eigenvalue weighted by Gasteiger charge is -2.04. The van der Waals surface area contributed by atoms with Crippen LogP contribution in [0.1, 0.15) is 32.8 Å². The van der Waals surface area contributed by atoms with Gasteiger partial charge in [-0.2, -0.15) is 0 Å². The fourth-order valence-electron chi connectivity index (χ4n) is 3.11. The van der Waals surface area contributed by atoms with E-state index < -0.39 is 0 Å². The van der Waals surface area contributed by atoms with E-state index in [1.165, 1.54) is 11.3 Å². The number of aldehydes is 1. The van der Waals surface area contributed by atoms with Crippen LogP contribution in [0.15, 0.2) is 42.5 Å². The second kappa shape index (κ2) is 6.38. The van der Waals surface area contributed by atoms with Crippen LogP contribution in [-0.4, -0.2) is 28.2 Å². The highest BCUT2D eigenvalue weighted by atomic mass is 32.1. The Kier molecular flexibility index (Phi) is 4.05. The lowest BCUT2D eigenvalue weighted by molar-refractivity contribution is 0.0530. The van der Waals surface area contributed by atoms with Crippen LogP contribution in [0.4, 0.5) is 0 Å². The second-order valence-corrected chi connectivity index (χ2v) is 6.86. The van der Waals surface area contributed by atoms with Gasteiger partial charge in [0, 0.05) is 11.3 Å². The highest BCUT2D eigenvalue weighted by molar-refractivity contribution is 7.19. The number of nitrogens with zero attached hydrogens (tertiary/aromatic N) is 2. The number of carbonyl (C=O) groups excluding carboxylic acids is 2. The molecule has 4 rings (SSSR count). The van der Waals surface area contributed by atoms with E-state index >= 15 is 0 Å². The molecule has 0 amide bonds. The van der Waals surface area contributed by atoms with Gasteiger partial charge in [0.2, 0.25) is 0 Å². The largest absolute Gasteiger partial charge is 0.462 e. The minimum absolute atomic E-state index is 0.307. The Morgan fingerprint density at radius 2 is 2.00 bits per heavy atom. The lowest BCUT2D eigenvalue weighted by atomic mass is 10.0. The van der Waals surface area contributed by atoms with E-state index in [0.29, 0.717) is 33.5 Å². The molecule has 0 saturated heterocycles. The molecule has 0 saturated carbocycles. The summed E-state index contributed by atoms with van der Waals surface area (Å²) in [6.07, 6.45) is 0.791. The molecule has 0 radical (unpaired) electrons. The zero-order chi connectivity index (χ0) is 18.3. The summed E-state index contributed by atoms with van der Waals surface area (Å²) in [6.45, 7) is 3.87. The Labute approximate surface area is 153 Å². The van der Waals surface area contributed by atoms with Crippen molar-refractivity contribution in [1.29, 1.82) is 0 Å². The molecule has 2 heterocycles. The molecule has 5 nitrogen and oxygen atoms in total. The monoisotopic (exact) mass is 364 g/mol. The van der Waals surface area contributed by atoms with Gasteiger partial charge in [-0.1, -0.05) is 47.7 Å². The Morgan fingerprint density at radius 1 is 1.23 bits per heavy atom. The van der Waals surface area contributed by atoms with Gasteiger partial charge in [0.05, 0.1) is 6.61 Å². The van der Waals surface area contributed by atoms with Gasteiger partial charge in [0.15, 0.2) is 11.2 Å². The molecule has 0 aliphatic heterocycles. The van der Waals surface area contributed by atoms with Crippen molar-refractivity contribution >= 4 is 39.3 Å². The maximum atomic E-state index is 12.1. The van der Waals surface area contributed by atoms with Gasteiger partial charge in [-0.25, -0.2) is 9.78 Å². The number of benzene rings is 2. The van der Waals surface area contributed by atoms with E-state index in [1.807, 2.05) is 42.5 Å². The van der Waals surface area contributed by atoms with Gasteiger partial charge < -0.3 is 4.74 Å². The maximum Gasteiger partial charge on any atom is 0.350 e. The quantitative estimate of drug-likeness (QED) is 0.395. The molecule has 4 aromatic rings. The highest BCUT2D eigenvalue weighted by Crippen LogP contribution is 2.32. The molecule has 6 heteroatoms. The van der Waals surface area contributed by atoms with E-state index in [1.54, 1.807) is 18.2 Å². The Balaban J connectivity index is 1.90. The molecule has 2 aromatic heterocycles. The zero-order valence-electron chi connectivity index (χ0n) is 14.4. The first kappa shape index (κ1) is 16.5. The summed E-state index contributed by atoms with van der Waals surface area (Å²) in [5.74, 6) is -0.385. The summed E-state index contributed by atoms with van der Waals surface area (Å²) in [5, 5.41) is 2.22. The number of hydrogen-bond acceptors (Lipinski definition) is 5. The van der Waals surface area contributed by atoms with Crippen LogP contribution in [0.5, 0.6) is 0 Å². The van der Waals surface area contributed by atoms with E-state index in [4.69, 9.17) is 4.74 Å². The van der Waals surface area contributed by atoms with Crippen LogP contribution < -0.4 is 0 Å². The predicted molar refractivity (Wildman–Crippen MR) is 102 cm³/mol.